The third kappa shape index (κ3) is 3.85. The molecule has 0 N–H and O–H groups in total. The van der Waals surface area contributed by atoms with Gasteiger partial charge in [0.2, 0.25) is 0 Å². The predicted octanol–water partition coefficient (Wildman–Crippen LogP) is 5.02. The highest BCUT2D eigenvalue weighted by Crippen LogP contribution is 2.45. The minimum atomic E-state index is -0.837. The summed E-state index contributed by atoms with van der Waals surface area (Å²) < 4.78 is 18.7. The van der Waals surface area contributed by atoms with Crippen molar-refractivity contribution in [1.29, 1.82) is 0 Å². The number of ether oxygens (including phenoxy) is 1. The molecule has 0 spiro atoms. The molecule has 0 aromatic heterocycles. The lowest BCUT2D eigenvalue weighted by molar-refractivity contribution is -0.149. The maximum Gasteiger partial charge on any atom is 0.345 e. The van der Waals surface area contributed by atoms with Crippen LogP contribution in [-0.2, 0) is 21.0 Å². The van der Waals surface area contributed by atoms with Crippen LogP contribution in [0.4, 0.5) is 9.18 Å². The van der Waals surface area contributed by atoms with E-state index in [9.17, 15) is 14.0 Å². The molecule has 0 radical (unpaired) electrons. The van der Waals surface area contributed by atoms with E-state index in [0.717, 1.165) is 27.8 Å². The molecule has 1 saturated heterocycles. The van der Waals surface area contributed by atoms with Crippen LogP contribution in [0.2, 0.25) is 0 Å². The Morgan fingerprint density at radius 2 is 1.73 bits per heavy atom. The molecule has 1 fully saturated rings. The Hall–Kier alpha value is -3.71. The molecule has 7 heteroatoms. The molecular weight excluding hydrogens is 423 g/mol. The summed E-state index contributed by atoms with van der Waals surface area (Å²) in [6, 6.07) is 19.9. The number of carbonyl (C=O) groups is 2. The normalized spacial score (nSPS) is 18.9. The molecule has 2 aliphatic heterocycles. The van der Waals surface area contributed by atoms with Crippen LogP contribution in [0.3, 0.4) is 0 Å². The number of hydroxylamine groups is 2. The van der Waals surface area contributed by atoms with E-state index in [4.69, 9.17) is 9.57 Å². The van der Waals surface area contributed by atoms with Crippen LogP contribution in [-0.4, -0.2) is 35.1 Å². The summed E-state index contributed by atoms with van der Waals surface area (Å²) in [5, 5.41) is 1.36. The van der Waals surface area contributed by atoms with Crippen molar-refractivity contribution in [3.05, 3.63) is 95.3 Å². The van der Waals surface area contributed by atoms with E-state index in [-0.39, 0.29) is 31.1 Å². The number of carbonyl (C=O) groups excluding carboxylic acids is 2. The number of rotatable bonds is 6. The number of hydrogen-bond acceptors (Lipinski definition) is 4. The highest BCUT2D eigenvalue weighted by molar-refractivity contribution is 5.88. The van der Waals surface area contributed by atoms with Crippen molar-refractivity contribution in [3.8, 4) is 11.1 Å². The van der Waals surface area contributed by atoms with Crippen LogP contribution < -0.4 is 0 Å². The molecule has 168 valence electrons. The van der Waals surface area contributed by atoms with Gasteiger partial charge in [0.25, 0.3) is 0 Å². The van der Waals surface area contributed by atoms with E-state index in [0.29, 0.717) is 6.54 Å². The van der Waals surface area contributed by atoms with Gasteiger partial charge in [-0.3, -0.25) is 4.84 Å². The van der Waals surface area contributed by atoms with Crippen LogP contribution in [0.25, 0.3) is 11.1 Å². The number of hydrogen-bond donors (Lipinski definition) is 0. The lowest BCUT2D eigenvalue weighted by Crippen LogP contribution is -2.39. The van der Waals surface area contributed by atoms with Crippen LogP contribution >= 0.6 is 0 Å². The topological polar surface area (TPSA) is 59.1 Å². The molecule has 0 saturated carbocycles. The SMILES string of the molecule is CCOC(=O)C1c2ccc(-c3ccc(F)cc3)cc2[C@H]2CN1C(=O)N2OCc1ccccc1. The molecule has 3 aromatic carbocycles. The number of halogens is 1. The Morgan fingerprint density at radius 1 is 1.00 bits per heavy atom. The van der Waals surface area contributed by atoms with Crippen LogP contribution in [0.1, 0.15) is 35.7 Å². The monoisotopic (exact) mass is 446 g/mol. The molecule has 6 nitrogen and oxygen atoms in total. The molecule has 5 rings (SSSR count). The Kier molecular flexibility index (Phi) is 5.56. The first-order valence-corrected chi connectivity index (χ1v) is 10.9. The lowest BCUT2D eigenvalue weighted by atomic mass is 9.88. The van der Waals surface area contributed by atoms with Gasteiger partial charge in [-0.15, -0.1) is 0 Å². The standard InChI is InChI=1S/C26H23FN2O4/c1-2-32-25(30)24-21-13-10-19(18-8-11-20(27)12-9-18)14-22(21)23-15-28(24)26(31)29(23)33-16-17-6-4-3-5-7-17/h3-14,23-24H,2,15-16H2,1H3/t23-,24?/m1/s1. The van der Waals surface area contributed by atoms with Gasteiger partial charge in [-0.25, -0.2) is 14.0 Å². The summed E-state index contributed by atoms with van der Waals surface area (Å²) in [6.07, 6.45) is 0. The second kappa shape index (κ2) is 8.67. The van der Waals surface area contributed by atoms with Gasteiger partial charge in [0.15, 0.2) is 6.04 Å². The first-order valence-electron chi connectivity index (χ1n) is 10.9. The van der Waals surface area contributed by atoms with Crippen molar-refractivity contribution in [2.45, 2.75) is 25.6 Å². The van der Waals surface area contributed by atoms with E-state index >= 15 is 0 Å². The van der Waals surface area contributed by atoms with Crippen molar-refractivity contribution in [3.63, 3.8) is 0 Å². The average molecular weight is 446 g/mol. The maximum atomic E-state index is 13.4. The van der Waals surface area contributed by atoms with Crippen molar-refractivity contribution in [1.82, 2.24) is 9.96 Å². The van der Waals surface area contributed by atoms with E-state index in [2.05, 4.69) is 0 Å². The first kappa shape index (κ1) is 21.2. The number of amides is 2. The minimum Gasteiger partial charge on any atom is -0.464 e. The van der Waals surface area contributed by atoms with E-state index < -0.39 is 12.0 Å². The molecule has 2 heterocycles. The summed E-state index contributed by atoms with van der Waals surface area (Å²) >= 11 is 0. The molecule has 2 atom stereocenters. The zero-order valence-corrected chi connectivity index (χ0v) is 18.1. The zero-order chi connectivity index (χ0) is 22.9. The van der Waals surface area contributed by atoms with Gasteiger partial charge in [-0.1, -0.05) is 54.6 Å². The maximum absolute atomic E-state index is 13.4. The average Bonchev–Trinajstić information content (AvgIpc) is 3.11. The van der Waals surface area contributed by atoms with Gasteiger partial charge in [0, 0.05) is 0 Å². The molecule has 2 bridgehead atoms. The quantitative estimate of drug-likeness (QED) is 0.499. The van der Waals surface area contributed by atoms with E-state index in [1.165, 1.54) is 22.1 Å². The predicted molar refractivity (Wildman–Crippen MR) is 119 cm³/mol. The van der Waals surface area contributed by atoms with Gasteiger partial charge in [0.05, 0.1) is 13.2 Å². The summed E-state index contributed by atoms with van der Waals surface area (Å²) in [5.41, 5.74) is 4.19. The summed E-state index contributed by atoms with van der Waals surface area (Å²) in [7, 11) is 0. The van der Waals surface area contributed by atoms with Crippen molar-refractivity contribution in [2.75, 3.05) is 13.2 Å². The minimum absolute atomic E-state index is 0.220. The van der Waals surface area contributed by atoms with Gasteiger partial charge in [-0.2, -0.15) is 5.06 Å². The van der Waals surface area contributed by atoms with Gasteiger partial charge in [0.1, 0.15) is 18.5 Å². The summed E-state index contributed by atoms with van der Waals surface area (Å²) in [4.78, 5) is 33.6. The number of fused-ring (bicyclic) bond motifs is 4. The highest BCUT2D eigenvalue weighted by Gasteiger charge is 2.51. The highest BCUT2D eigenvalue weighted by atomic mass is 19.1. The zero-order valence-electron chi connectivity index (χ0n) is 18.1. The van der Waals surface area contributed by atoms with Crippen molar-refractivity contribution < 1.29 is 23.6 Å². The fourth-order valence-corrected chi connectivity index (χ4v) is 4.48. The molecule has 33 heavy (non-hydrogen) atoms. The molecule has 3 aromatic rings. The largest absolute Gasteiger partial charge is 0.464 e. The molecular formula is C26H23FN2O4. The fourth-order valence-electron chi connectivity index (χ4n) is 4.48. The number of benzene rings is 3. The third-order valence-electron chi connectivity index (χ3n) is 6.04. The van der Waals surface area contributed by atoms with E-state index in [1.807, 2.05) is 48.5 Å². The Labute approximate surface area is 191 Å². The van der Waals surface area contributed by atoms with Crippen LogP contribution in [0.5, 0.6) is 0 Å². The lowest BCUT2D eigenvalue weighted by Gasteiger charge is -2.31. The second-order valence-electron chi connectivity index (χ2n) is 8.04. The van der Waals surface area contributed by atoms with Crippen molar-refractivity contribution >= 4 is 12.0 Å². The number of esters is 1. The molecule has 2 amide bonds. The Morgan fingerprint density at radius 3 is 2.45 bits per heavy atom. The van der Waals surface area contributed by atoms with Crippen molar-refractivity contribution in [2.24, 2.45) is 0 Å². The smallest absolute Gasteiger partial charge is 0.345 e. The molecule has 1 unspecified atom stereocenters. The van der Waals surface area contributed by atoms with Crippen LogP contribution in [0.15, 0.2) is 72.8 Å². The Bertz CT molecular complexity index is 1180. The summed E-state index contributed by atoms with van der Waals surface area (Å²) in [5.74, 6) is -0.776. The van der Waals surface area contributed by atoms with Crippen LogP contribution in [0, 0.1) is 5.82 Å². The van der Waals surface area contributed by atoms with Gasteiger partial charge >= 0.3 is 12.0 Å². The molecule has 0 aliphatic carbocycles. The number of urea groups is 1. The summed E-state index contributed by atoms with van der Waals surface area (Å²) in [6.45, 7) is 2.51. The first-order chi connectivity index (χ1) is 16.1. The fraction of sp³-hybridized carbons (Fsp3) is 0.231. The number of nitrogens with zero attached hydrogens (tertiary/aromatic N) is 2. The van der Waals surface area contributed by atoms with Gasteiger partial charge in [-0.05, 0) is 52.9 Å². The van der Waals surface area contributed by atoms with Gasteiger partial charge < -0.3 is 9.64 Å². The van der Waals surface area contributed by atoms with E-state index in [1.54, 1.807) is 19.1 Å². The third-order valence-corrected chi connectivity index (χ3v) is 6.04. The Balaban J connectivity index is 1.53. The second-order valence-corrected chi connectivity index (χ2v) is 8.04. The molecule has 2 aliphatic rings.